The smallest absolute Gasteiger partial charge is 0.338 e. The Morgan fingerprint density at radius 3 is 1.22 bits per heavy atom. The Bertz CT molecular complexity index is 1810. The van der Waals surface area contributed by atoms with E-state index in [1.165, 1.54) is 0 Å². The number of amides is 4. The largest absolute Gasteiger partial charge is 0.437 e. The average molecular weight is 683 g/mol. The molecule has 0 aliphatic carbocycles. The van der Waals surface area contributed by atoms with Gasteiger partial charge in [-0.1, -0.05) is 60.7 Å². The van der Waals surface area contributed by atoms with Gasteiger partial charge in [0.15, 0.2) is 0 Å². The van der Waals surface area contributed by atoms with Crippen LogP contribution < -0.4 is 9.47 Å². The van der Waals surface area contributed by atoms with Crippen LogP contribution in [0, 0.1) is 0 Å². The first-order chi connectivity index (χ1) is 24.0. The van der Waals surface area contributed by atoms with Gasteiger partial charge in [-0.05, 0) is 45.8 Å². The summed E-state index contributed by atoms with van der Waals surface area (Å²) in [5.74, 6) is -3.51. The maximum absolute atomic E-state index is 13.2. The molecule has 2 atom stereocenters. The number of hydrogen-bond acceptors (Lipinski definition) is 12. The van der Waals surface area contributed by atoms with Crippen molar-refractivity contribution >= 4 is 57.1 Å². The Balaban J connectivity index is 1.06. The average Bonchev–Trinajstić information content (AvgIpc) is 3.06. The van der Waals surface area contributed by atoms with Crippen LogP contribution in [0.1, 0.15) is 13.8 Å². The molecule has 258 valence electrons. The van der Waals surface area contributed by atoms with Crippen LogP contribution in [0.15, 0.2) is 84.9 Å². The number of imide groups is 2. The van der Waals surface area contributed by atoms with E-state index < -0.39 is 48.4 Å². The number of fused-ring (bicyclic) bond motifs is 2. The molecule has 2 saturated heterocycles. The molecule has 14 nitrogen and oxygen atoms in total. The number of hydrogen-bond donors (Lipinski definition) is 0. The fourth-order valence-corrected chi connectivity index (χ4v) is 5.79. The van der Waals surface area contributed by atoms with E-state index in [1.807, 2.05) is 48.5 Å². The molecule has 2 aliphatic heterocycles. The van der Waals surface area contributed by atoms with E-state index >= 15 is 0 Å². The number of ether oxygens (including phenoxy) is 4. The number of piperazine rings is 2. The SMILES string of the molecule is CC(=O)OC(Oc1ccc2ccccc2c1)N1C(=O)CN(CCN2CC(=O)N(C(OC(C)=O)Oc3ccc4ccccc4c3)C(=O)C2)CC1=O. The minimum absolute atomic E-state index is 0.163. The van der Waals surface area contributed by atoms with E-state index in [9.17, 15) is 28.8 Å². The Hall–Kier alpha value is -5.86. The molecule has 14 heteroatoms. The molecule has 2 fully saturated rings. The topological polar surface area (TPSA) is 152 Å². The molecule has 2 heterocycles. The molecular weight excluding hydrogens is 648 g/mol. The molecule has 0 radical (unpaired) electrons. The van der Waals surface area contributed by atoms with E-state index in [4.69, 9.17) is 18.9 Å². The number of nitrogens with zero attached hydrogens (tertiary/aromatic N) is 4. The summed E-state index contributed by atoms with van der Waals surface area (Å²) in [4.78, 5) is 81.4. The number of rotatable bonds is 11. The van der Waals surface area contributed by atoms with Gasteiger partial charge < -0.3 is 18.9 Å². The van der Waals surface area contributed by atoms with Gasteiger partial charge in [0.2, 0.25) is 23.6 Å². The van der Waals surface area contributed by atoms with Crippen LogP contribution in [0.3, 0.4) is 0 Å². The normalized spacial score (nSPS) is 17.2. The first-order valence-electron chi connectivity index (χ1n) is 15.8. The van der Waals surface area contributed by atoms with Crippen LogP contribution in [0.25, 0.3) is 21.5 Å². The third kappa shape index (κ3) is 7.88. The highest BCUT2D eigenvalue weighted by molar-refractivity contribution is 6.00. The zero-order valence-corrected chi connectivity index (χ0v) is 27.4. The molecule has 2 unspecified atom stereocenters. The summed E-state index contributed by atoms with van der Waals surface area (Å²) >= 11 is 0. The Morgan fingerprint density at radius 2 is 0.880 bits per heavy atom. The molecule has 0 spiro atoms. The standard InChI is InChI=1S/C36H34N4O10/c1-23(41)47-35(49-29-13-11-25-7-3-5-9-27(25)17-29)39-31(43)19-37(20-32(39)44)15-16-38-21-33(45)40(34(46)22-38)36(48-24(2)42)50-30-14-12-26-8-4-6-10-28(26)18-30/h3-14,17-18,35-36H,15-16,19-22H2,1-2H3. The summed E-state index contributed by atoms with van der Waals surface area (Å²) < 4.78 is 22.2. The maximum atomic E-state index is 13.2. The zero-order valence-electron chi connectivity index (χ0n) is 27.4. The quantitative estimate of drug-likeness (QED) is 0.130. The highest BCUT2D eigenvalue weighted by Crippen LogP contribution is 2.25. The minimum atomic E-state index is -1.61. The third-order valence-corrected chi connectivity index (χ3v) is 8.11. The first-order valence-corrected chi connectivity index (χ1v) is 15.8. The highest BCUT2D eigenvalue weighted by Gasteiger charge is 2.41. The van der Waals surface area contributed by atoms with Crippen LogP contribution in [0.5, 0.6) is 11.5 Å². The summed E-state index contributed by atoms with van der Waals surface area (Å²) in [5.41, 5.74) is 0. The second kappa shape index (κ2) is 14.7. The van der Waals surface area contributed by atoms with Crippen LogP contribution in [0.2, 0.25) is 0 Å². The van der Waals surface area contributed by atoms with Crippen molar-refractivity contribution in [3.8, 4) is 11.5 Å². The lowest BCUT2D eigenvalue weighted by molar-refractivity contribution is -0.205. The predicted octanol–water partition coefficient (Wildman–Crippen LogP) is 2.49. The summed E-state index contributed by atoms with van der Waals surface area (Å²) in [7, 11) is 0. The molecule has 6 rings (SSSR count). The fourth-order valence-electron chi connectivity index (χ4n) is 5.79. The molecule has 0 aromatic heterocycles. The van der Waals surface area contributed by atoms with Crippen molar-refractivity contribution in [2.45, 2.75) is 26.7 Å². The molecule has 4 amide bonds. The molecule has 2 aliphatic rings. The lowest BCUT2D eigenvalue weighted by Gasteiger charge is -2.38. The summed E-state index contributed by atoms with van der Waals surface area (Å²) in [6.45, 7) is 1.79. The molecule has 4 aromatic rings. The number of benzene rings is 4. The second-order valence-electron chi connectivity index (χ2n) is 11.8. The van der Waals surface area contributed by atoms with Crippen molar-refractivity contribution in [3.63, 3.8) is 0 Å². The van der Waals surface area contributed by atoms with E-state index in [-0.39, 0.29) is 39.3 Å². The minimum Gasteiger partial charge on any atom is -0.437 e. The van der Waals surface area contributed by atoms with E-state index in [0.29, 0.717) is 11.5 Å². The van der Waals surface area contributed by atoms with E-state index in [2.05, 4.69) is 0 Å². The number of carbonyl (C=O) groups is 6. The number of carbonyl (C=O) groups excluding carboxylic acids is 6. The molecule has 50 heavy (non-hydrogen) atoms. The van der Waals surface area contributed by atoms with Gasteiger partial charge >= 0.3 is 24.8 Å². The lowest BCUT2D eigenvalue weighted by atomic mass is 10.1. The Morgan fingerprint density at radius 1 is 0.540 bits per heavy atom. The van der Waals surface area contributed by atoms with Crippen LogP contribution >= 0.6 is 0 Å². The van der Waals surface area contributed by atoms with Crippen molar-refractivity contribution in [2.24, 2.45) is 0 Å². The molecule has 0 saturated carbocycles. The van der Waals surface area contributed by atoms with Gasteiger partial charge in [-0.25, -0.2) is 9.80 Å². The third-order valence-electron chi connectivity index (χ3n) is 8.11. The van der Waals surface area contributed by atoms with Crippen molar-refractivity contribution in [1.29, 1.82) is 0 Å². The lowest BCUT2D eigenvalue weighted by Crippen LogP contribution is -2.62. The Labute approximate surface area is 286 Å². The molecular formula is C36H34N4O10. The Kier molecular flexibility index (Phi) is 10.0. The van der Waals surface area contributed by atoms with Crippen LogP contribution in [0.4, 0.5) is 0 Å². The molecule has 0 N–H and O–H groups in total. The van der Waals surface area contributed by atoms with Gasteiger partial charge in [-0.3, -0.25) is 38.6 Å². The van der Waals surface area contributed by atoms with Crippen molar-refractivity contribution in [2.75, 3.05) is 39.3 Å². The second-order valence-corrected chi connectivity index (χ2v) is 11.8. The highest BCUT2D eigenvalue weighted by atomic mass is 16.7. The van der Waals surface area contributed by atoms with Gasteiger partial charge in [0.1, 0.15) is 11.5 Å². The first kappa shape index (κ1) is 34.0. The van der Waals surface area contributed by atoms with Gasteiger partial charge in [0, 0.05) is 26.9 Å². The van der Waals surface area contributed by atoms with Crippen molar-refractivity contribution < 1.29 is 47.7 Å². The van der Waals surface area contributed by atoms with Gasteiger partial charge in [-0.15, -0.1) is 0 Å². The van der Waals surface area contributed by atoms with Gasteiger partial charge in [0.25, 0.3) is 0 Å². The maximum Gasteiger partial charge on any atom is 0.338 e. The summed E-state index contributed by atoms with van der Waals surface area (Å²) in [5, 5.41) is 3.61. The summed E-state index contributed by atoms with van der Waals surface area (Å²) in [6.07, 6.45) is -3.22. The van der Waals surface area contributed by atoms with Gasteiger partial charge in [-0.2, -0.15) is 0 Å². The zero-order chi connectivity index (χ0) is 35.4. The van der Waals surface area contributed by atoms with Crippen LogP contribution in [-0.2, 0) is 38.2 Å². The van der Waals surface area contributed by atoms with Crippen molar-refractivity contribution in [3.05, 3.63) is 84.9 Å². The van der Waals surface area contributed by atoms with Crippen molar-refractivity contribution in [1.82, 2.24) is 19.6 Å². The molecule has 4 aromatic carbocycles. The molecule has 0 bridgehead atoms. The fraction of sp³-hybridized carbons (Fsp3) is 0.278. The van der Waals surface area contributed by atoms with E-state index in [0.717, 1.165) is 45.2 Å². The summed E-state index contributed by atoms with van der Waals surface area (Å²) in [6, 6.07) is 25.4. The number of esters is 2. The van der Waals surface area contributed by atoms with E-state index in [1.54, 1.807) is 46.2 Å². The monoisotopic (exact) mass is 682 g/mol. The van der Waals surface area contributed by atoms with Crippen LogP contribution in [-0.4, -0.2) is 107 Å². The van der Waals surface area contributed by atoms with Gasteiger partial charge in [0.05, 0.1) is 26.2 Å². The predicted molar refractivity (Wildman–Crippen MR) is 177 cm³/mol.